The van der Waals surface area contributed by atoms with Crippen molar-refractivity contribution < 1.29 is 0 Å². The number of aromatic nitrogens is 3. The van der Waals surface area contributed by atoms with Crippen LogP contribution in [-0.2, 0) is 6.54 Å². The lowest BCUT2D eigenvalue weighted by Gasteiger charge is -1.96. The Bertz CT molecular complexity index is 162. The SMILES string of the molecule is [SiH3]CCCCn1cncn1. The molecule has 0 radical (unpaired) electrons. The first-order valence-corrected chi connectivity index (χ1v) is 5.17. The highest BCUT2D eigenvalue weighted by Crippen LogP contribution is 1.94. The molecule has 0 spiro atoms. The Kier molecular flexibility index (Phi) is 3.15. The van der Waals surface area contributed by atoms with E-state index in [-0.39, 0.29) is 0 Å². The molecule has 0 N–H and O–H groups in total. The molecule has 0 aliphatic heterocycles. The summed E-state index contributed by atoms with van der Waals surface area (Å²) in [6.45, 7) is 1.03. The van der Waals surface area contributed by atoms with Crippen molar-refractivity contribution in [2.45, 2.75) is 25.4 Å². The molecular weight excluding hydrogens is 142 g/mol. The van der Waals surface area contributed by atoms with E-state index in [2.05, 4.69) is 10.1 Å². The highest BCUT2D eigenvalue weighted by molar-refractivity contribution is 6.08. The molecule has 1 aromatic heterocycles. The van der Waals surface area contributed by atoms with Gasteiger partial charge in [-0.3, -0.25) is 4.68 Å². The summed E-state index contributed by atoms with van der Waals surface area (Å²) in [5.74, 6) is 0. The minimum atomic E-state index is 1.03. The number of nitrogens with zero attached hydrogens (tertiary/aromatic N) is 3. The summed E-state index contributed by atoms with van der Waals surface area (Å²) in [5, 5.41) is 4.00. The van der Waals surface area contributed by atoms with Gasteiger partial charge in [0.2, 0.25) is 0 Å². The van der Waals surface area contributed by atoms with Gasteiger partial charge in [0.25, 0.3) is 0 Å². The Morgan fingerprint density at radius 1 is 1.40 bits per heavy atom. The van der Waals surface area contributed by atoms with Gasteiger partial charge >= 0.3 is 0 Å². The quantitative estimate of drug-likeness (QED) is 0.447. The summed E-state index contributed by atoms with van der Waals surface area (Å²) in [5.41, 5.74) is 0. The summed E-state index contributed by atoms with van der Waals surface area (Å²) < 4.78 is 1.89. The van der Waals surface area contributed by atoms with E-state index in [0.717, 1.165) is 6.54 Å². The first-order chi connectivity index (χ1) is 4.93. The third-order valence-corrected chi connectivity index (χ3v) is 2.16. The van der Waals surface area contributed by atoms with E-state index in [1.807, 2.05) is 4.68 Å². The minimum Gasteiger partial charge on any atom is -0.253 e. The average Bonchev–Trinajstić information content (AvgIpc) is 2.41. The lowest BCUT2D eigenvalue weighted by Crippen LogP contribution is -1.97. The zero-order valence-corrected chi connectivity index (χ0v) is 8.32. The Balaban J connectivity index is 2.15. The molecule has 0 amide bonds. The smallest absolute Gasteiger partial charge is 0.137 e. The average molecular weight is 155 g/mol. The molecule has 10 heavy (non-hydrogen) atoms. The fourth-order valence-corrected chi connectivity index (χ4v) is 1.37. The molecule has 0 saturated heterocycles. The summed E-state index contributed by atoms with van der Waals surface area (Å²) in [6.07, 6.45) is 5.94. The highest BCUT2D eigenvalue weighted by Gasteiger charge is 1.88. The molecule has 0 aliphatic carbocycles. The van der Waals surface area contributed by atoms with E-state index >= 15 is 0 Å². The Labute approximate surface area is 63.9 Å². The third kappa shape index (κ3) is 2.30. The van der Waals surface area contributed by atoms with Crippen LogP contribution in [0.15, 0.2) is 12.7 Å². The predicted molar refractivity (Wildman–Crippen MR) is 44.0 cm³/mol. The highest BCUT2D eigenvalue weighted by atomic mass is 28.1. The van der Waals surface area contributed by atoms with E-state index in [1.165, 1.54) is 29.1 Å². The molecule has 0 saturated carbocycles. The van der Waals surface area contributed by atoms with Crippen LogP contribution in [0, 0.1) is 0 Å². The molecule has 0 unspecified atom stereocenters. The summed E-state index contributed by atoms with van der Waals surface area (Å²) in [7, 11) is 1.33. The predicted octanol–water partition coefficient (Wildman–Crippen LogP) is -0.158. The van der Waals surface area contributed by atoms with Crippen molar-refractivity contribution in [1.29, 1.82) is 0 Å². The second-order valence-electron chi connectivity index (χ2n) is 2.37. The normalized spacial score (nSPS) is 10.4. The van der Waals surface area contributed by atoms with Gasteiger partial charge in [-0.1, -0.05) is 12.5 Å². The maximum atomic E-state index is 4.00. The van der Waals surface area contributed by atoms with E-state index in [1.54, 1.807) is 12.7 Å². The van der Waals surface area contributed by atoms with Gasteiger partial charge in [0, 0.05) is 16.8 Å². The zero-order valence-electron chi connectivity index (χ0n) is 6.32. The zero-order chi connectivity index (χ0) is 7.23. The molecule has 56 valence electrons. The van der Waals surface area contributed by atoms with Gasteiger partial charge in [-0.2, -0.15) is 5.10 Å². The topological polar surface area (TPSA) is 30.7 Å². The van der Waals surface area contributed by atoms with Crippen molar-refractivity contribution in [3.63, 3.8) is 0 Å². The number of aryl methyl sites for hydroxylation is 1. The Morgan fingerprint density at radius 2 is 2.30 bits per heavy atom. The molecule has 1 rings (SSSR count). The van der Waals surface area contributed by atoms with Crippen LogP contribution in [0.25, 0.3) is 0 Å². The first-order valence-electron chi connectivity index (χ1n) is 3.76. The lowest BCUT2D eigenvalue weighted by molar-refractivity contribution is 0.570. The van der Waals surface area contributed by atoms with Crippen LogP contribution in [0.3, 0.4) is 0 Å². The second kappa shape index (κ2) is 4.22. The van der Waals surface area contributed by atoms with Crippen molar-refractivity contribution in [1.82, 2.24) is 14.8 Å². The molecule has 1 aromatic rings. The van der Waals surface area contributed by atoms with Crippen LogP contribution in [0.1, 0.15) is 12.8 Å². The first kappa shape index (κ1) is 7.46. The van der Waals surface area contributed by atoms with Crippen LogP contribution in [0.2, 0.25) is 6.04 Å². The maximum absolute atomic E-state index is 4.00. The van der Waals surface area contributed by atoms with Gasteiger partial charge in [-0.25, -0.2) is 4.98 Å². The van der Waals surface area contributed by atoms with Gasteiger partial charge in [-0.15, -0.1) is 0 Å². The summed E-state index contributed by atoms with van der Waals surface area (Å²) in [4.78, 5) is 3.86. The fraction of sp³-hybridized carbons (Fsp3) is 0.667. The van der Waals surface area contributed by atoms with Crippen molar-refractivity contribution in [3.8, 4) is 0 Å². The number of hydrogen-bond acceptors (Lipinski definition) is 2. The molecule has 0 aromatic carbocycles. The Hall–Kier alpha value is -0.643. The van der Waals surface area contributed by atoms with E-state index in [0.29, 0.717) is 0 Å². The van der Waals surface area contributed by atoms with E-state index in [9.17, 15) is 0 Å². The molecule has 4 heteroatoms. The molecule has 1 heterocycles. The number of hydrogen-bond donors (Lipinski definition) is 0. The largest absolute Gasteiger partial charge is 0.253 e. The van der Waals surface area contributed by atoms with Crippen molar-refractivity contribution in [2.75, 3.05) is 0 Å². The lowest BCUT2D eigenvalue weighted by atomic mass is 10.3. The van der Waals surface area contributed by atoms with E-state index < -0.39 is 0 Å². The molecule has 0 fully saturated rings. The number of unbranched alkanes of at least 4 members (excludes halogenated alkanes) is 1. The maximum Gasteiger partial charge on any atom is 0.137 e. The molecule has 3 nitrogen and oxygen atoms in total. The van der Waals surface area contributed by atoms with Crippen LogP contribution >= 0.6 is 0 Å². The van der Waals surface area contributed by atoms with Crippen LogP contribution in [0.4, 0.5) is 0 Å². The monoisotopic (exact) mass is 155 g/mol. The van der Waals surface area contributed by atoms with Gasteiger partial charge in [0.1, 0.15) is 12.7 Å². The molecule has 0 bridgehead atoms. The van der Waals surface area contributed by atoms with Crippen molar-refractivity contribution in [3.05, 3.63) is 12.7 Å². The second-order valence-corrected chi connectivity index (χ2v) is 3.37. The summed E-state index contributed by atoms with van der Waals surface area (Å²) >= 11 is 0. The van der Waals surface area contributed by atoms with E-state index in [4.69, 9.17) is 0 Å². The van der Waals surface area contributed by atoms with Gasteiger partial charge in [0.05, 0.1) is 0 Å². The molecule has 0 atom stereocenters. The van der Waals surface area contributed by atoms with Crippen LogP contribution in [0.5, 0.6) is 0 Å². The van der Waals surface area contributed by atoms with Crippen LogP contribution in [-0.4, -0.2) is 25.0 Å². The Morgan fingerprint density at radius 3 is 2.90 bits per heavy atom. The number of rotatable bonds is 4. The van der Waals surface area contributed by atoms with Crippen molar-refractivity contribution in [2.24, 2.45) is 0 Å². The third-order valence-electron chi connectivity index (χ3n) is 1.46. The molecular formula is C6H13N3Si. The van der Waals surface area contributed by atoms with Gasteiger partial charge < -0.3 is 0 Å². The fourth-order valence-electron chi connectivity index (χ4n) is 0.872. The minimum absolute atomic E-state index is 1.03. The van der Waals surface area contributed by atoms with Crippen LogP contribution < -0.4 is 0 Å². The van der Waals surface area contributed by atoms with Gasteiger partial charge in [-0.05, 0) is 6.42 Å². The molecule has 0 aliphatic rings. The standard InChI is InChI=1S/C6H13N3Si/c10-4-2-1-3-9-6-7-5-8-9/h5-6H,1-4H2,10H3. The van der Waals surface area contributed by atoms with Crippen molar-refractivity contribution >= 4 is 10.2 Å². The summed E-state index contributed by atoms with van der Waals surface area (Å²) in [6, 6.07) is 1.40. The van der Waals surface area contributed by atoms with Gasteiger partial charge in [0.15, 0.2) is 0 Å².